The first kappa shape index (κ1) is 21.5. The van der Waals surface area contributed by atoms with Crippen LogP contribution in [-0.2, 0) is 6.54 Å². The zero-order chi connectivity index (χ0) is 22.5. The summed E-state index contributed by atoms with van der Waals surface area (Å²) in [5, 5.41) is 7.38. The molecule has 7 heteroatoms. The summed E-state index contributed by atoms with van der Waals surface area (Å²) in [4.78, 5) is 12.4. The van der Waals surface area contributed by atoms with Gasteiger partial charge in [0.15, 0.2) is 11.5 Å². The summed E-state index contributed by atoms with van der Waals surface area (Å²) >= 11 is 6.14. The fourth-order valence-electron chi connectivity index (χ4n) is 3.05. The number of nitrogens with zero attached hydrogens (tertiary/aromatic N) is 1. The molecule has 0 saturated carbocycles. The van der Waals surface area contributed by atoms with Crippen LogP contribution in [0.2, 0.25) is 5.02 Å². The average Bonchev–Trinajstić information content (AvgIpc) is 3.32. The Morgan fingerprint density at radius 3 is 2.47 bits per heavy atom. The molecule has 0 aliphatic rings. The smallest absolute Gasteiger partial charge is 0.273 e. The summed E-state index contributed by atoms with van der Waals surface area (Å²) in [7, 11) is 1.60. The van der Waals surface area contributed by atoms with Gasteiger partial charge in [-0.1, -0.05) is 35.0 Å². The molecular weight excluding hydrogens is 428 g/mol. The number of methoxy groups -OCH3 is 1. The molecule has 0 spiro atoms. The fourth-order valence-corrected chi connectivity index (χ4v) is 3.21. The van der Waals surface area contributed by atoms with Crippen LogP contribution in [0, 0.1) is 6.92 Å². The van der Waals surface area contributed by atoms with Gasteiger partial charge in [-0.05, 0) is 61.0 Å². The quantitative estimate of drug-likeness (QED) is 0.373. The molecule has 0 bridgehead atoms. The van der Waals surface area contributed by atoms with Gasteiger partial charge in [-0.3, -0.25) is 4.79 Å². The normalized spacial score (nSPS) is 10.6. The lowest BCUT2D eigenvalue weighted by molar-refractivity contribution is 0.0942. The minimum atomic E-state index is -0.316. The molecule has 4 rings (SSSR count). The number of ether oxygens (including phenoxy) is 2. The number of halogens is 1. The van der Waals surface area contributed by atoms with Crippen molar-refractivity contribution in [1.29, 1.82) is 0 Å². The van der Waals surface area contributed by atoms with Crippen molar-refractivity contribution in [2.45, 2.75) is 13.5 Å². The molecule has 1 amide bonds. The second-order valence-electron chi connectivity index (χ2n) is 7.10. The maximum atomic E-state index is 12.4. The lowest BCUT2D eigenvalue weighted by Gasteiger charge is -2.10. The van der Waals surface area contributed by atoms with Crippen LogP contribution in [0.1, 0.15) is 21.6 Å². The van der Waals surface area contributed by atoms with Crippen molar-refractivity contribution in [3.8, 4) is 28.6 Å². The van der Waals surface area contributed by atoms with Crippen molar-refractivity contribution < 1.29 is 18.8 Å². The Balaban J connectivity index is 1.35. The Bertz CT molecular complexity index is 1220. The van der Waals surface area contributed by atoms with Crippen molar-refractivity contribution >= 4 is 17.5 Å². The third kappa shape index (κ3) is 4.92. The number of carbonyl (C=O) groups excluding carboxylic acids is 1. The molecule has 0 atom stereocenters. The Morgan fingerprint density at radius 2 is 1.75 bits per heavy atom. The number of rotatable bonds is 7. The Morgan fingerprint density at radius 1 is 1.03 bits per heavy atom. The van der Waals surface area contributed by atoms with Crippen molar-refractivity contribution in [3.05, 3.63) is 94.6 Å². The number of nitrogens with one attached hydrogen (secondary N) is 1. The minimum absolute atomic E-state index is 0.215. The Hall–Kier alpha value is -3.77. The summed E-state index contributed by atoms with van der Waals surface area (Å²) in [6.45, 7) is 2.26. The molecule has 0 saturated heterocycles. The third-order valence-corrected chi connectivity index (χ3v) is 5.35. The van der Waals surface area contributed by atoms with E-state index in [-0.39, 0.29) is 11.6 Å². The molecule has 0 fully saturated rings. The topological polar surface area (TPSA) is 73.6 Å². The van der Waals surface area contributed by atoms with Gasteiger partial charge in [-0.15, -0.1) is 0 Å². The van der Waals surface area contributed by atoms with Gasteiger partial charge in [0.2, 0.25) is 0 Å². The zero-order valence-corrected chi connectivity index (χ0v) is 18.3. The summed E-state index contributed by atoms with van der Waals surface area (Å²) in [6, 6.07) is 21.9. The molecule has 1 heterocycles. The molecule has 3 aromatic carbocycles. The second kappa shape index (κ2) is 9.58. The number of carbonyl (C=O) groups is 1. The van der Waals surface area contributed by atoms with E-state index >= 15 is 0 Å². The lowest BCUT2D eigenvalue weighted by atomic mass is 10.1. The molecule has 162 valence electrons. The average molecular weight is 449 g/mol. The van der Waals surface area contributed by atoms with Crippen LogP contribution in [0.5, 0.6) is 17.2 Å². The van der Waals surface area contributed by atoms with Gasteiger partial charge in [0, 0.05) is 28.8 Å². The van der Waals surface area contributed by atoms with E-state index < -0.39 is 0 Å². The lowest BCUT2D eigenvalue weighted by Crippen LogP contribution is -2.22. The number of hydrogen-bond acceptors (Lipinski definition) is 5. The van der Waals surface area contributed by atoms with Crippen molar-refractivity contribution in [1.82, 2.24) is 10.5 Å². The standard InChI is InChI=1S/C25H21ClN2O4/c1-16-21(26)4-3-5-23(16)31-20-10-6-17(7-11-20)15-27-25(29)22-14-24(32-28-22)18-8-12-19(30-2)13-9-18/h3-14H,15H2,1-2H3,(H,27,29). The van der Waals surface area contributed by atoms with Crippen LogP contribution in [0.3, 0.4) is 0 Å². The summed E-state index contributed by atoms with van der Waals surface area (Å²) in [5.41, 5.74) is 2.83. The van der Waals surface area contributed by atoms with Gasteiger partial charge >= 0.3 is 0 Å². The van der Waals surface area contributed by atoms with Crippen LogP contribution >= 0.6 is 11.6 Å². The van der Waals surface area contributed by atoms with E-state index in [0.29, 0.717) is 28.8 Å². The molecule has 1 aromatic heterocycles. The largest absolute Gasteiger partial charge is 0.497 e. The Labute approximate surface area is 190 Å². The molecule has 32 heavy (non-hydrogen) atoms. The predicted molar refractivity (Wildman–Crippen MR) is 122 cm³/mol. The highest BCUT2D eigenvalue weighted by molar-refractivity contribution is 6.31. The summed E-state index contributed by atoms with van der Waals surface area (Å²) < 4.78 is 16.4. The highest BCUT2D eigenvalue weighted by atomic mass is 35.5. The van der Waals surface area contributed by atoms with E-state index in [1.807, 2.05) is 73.7 Å². The van der Waals surface area contributed by atoms with Gasteiger partial charge in [0.25, 0.3) is 5.91 Å². The van der Waals surface area contributed by atoms with E-state index in [1.165, 1.54) is 0 Å². The molecule has 4 aromatic rings. The molecule has 0 aliphatic carbocycles. The molecule has 0 radical (unpaired) electrons. The number of benzene rings is 3. The van der Waals surface area contributed by atoms with Gasteiger partial charge in [0.1, 0.15) is 17.2 Å². The molecule has 1 N–H and O–H groups in total. The van der Waals surface area contributed by atoms with Gasteiger partial charge in [0.05, 0.1) is 7.11 Å². The predicted octanol–water partition coefficient (Wildman–Crippen LogP) is 6.03. The fraction of sp³-hybridized carbons (Fsp3) is 0.120. The SMILES string of the molecule is COc1ccc(-c2cc(C(=O)NCc3ccc(Oc4cccc(Cl)c4C)cc3)no2)cc1. The zero-order valence-electron chi connectivity index (χ0n) is 17.6. The molecule has 0 unspecified atom stereocenters. The highest BCUT2D eigenvalue weighted by Crippen LogP contribution is 2.29. The molecule has 6 nitrogen and oxygen atoms in total. The van der Waals surface area contributed by atoms with Crippen LogP contribution < -0.4 is 14.8 Å². The van der Waals surface area contributed by atoms with Crippen LogP contribution in [0.15, 0.2) is 77.3 Å². The highest BCUT2D eigenvalue weighted by Gasteiger charge is 2.14. The monoisotopic (exact) mass is 448 g/mol. The Kier molecular flexibility index (Phi) is 6.42. The van der Waals surface area contributed by atoms with Crippen LogP contribution in [-0.4, -0.2) is 18.2 Å². The molecule has 0 aliphatic heterocycles. The number of amides is 1. The van der Waals surface area contributed by atoms with Crippen molar-refractivity contribution in [2.24, 2.45) is 0 Å². The first-order valence-corrected chi connectivity index (χ1v) is 10.3. The maximum absolute atomic E-state index is 12.4. The number of aromatic nitrogens is 1. The van der Waals surface area contributed by atoms with E-state index in [1.54, 1.807) is 13.2 Å². The van der Waals surface area contributed by atoms with Crippen LogP contribution in [0.25, 0.3) is 11.3 Å². The van der Waals surface area contributed by atoms with Gasteiger partial charge in [-0.2, -0.15) is 0 Å². The summed E-state index contributed by atoms with van der Waals surface area (Å²) in [6.07, 6.45) is 0. The van der Waals surface area contributed by atoms with E-state index in [9.17, 15) is 4.79 Å². The third-order valence-electron chi connectivity index (χ3n) is 4.94. The van der Waals surface area contributed by atoms with Crippen molar-refractivity contribution in [3.63, 3.8) is 0 Å². The molecular formula is C25H21ClN2O4. The van der Waals surface area contributed by atoms with Crippen molar-refractivity contribution in [2.75, 3.05) is 7.11 Å². The first-order valence-electron chi connectivity index (χ1n) is 9.95. The minimum Gasteiger partial charge on any atom is -0.497 e. The second-order valence-corrected chi connectivity index (χ2v) is 7.50. The van der Waals surface area contributed by atoms with E-state index in [0.717, 1.165) is 22.4 Å². The van der Waals surface area contributed by atoms with E-state index in [2.05, 4.69) is 10.5 Å². The van der Waals surface area contributed by atoms with E-state index in [4.69, 9.17) is 25.6 Å². The van der Waals surface area contributed by atoms with Gasteiger partial charge < -0.3 is 19.3 Å². The number of hydrogen-bond donors (Lipinski definition) is 1. The first-order chi connectivity index (χ1) is 15.5. The maximum Gasteiger partial charge on any atom is 0.273 e. The van der Waals surface area contributed by atoms with Crippen LogP contribution in [0.4, 0.5) is 0 Å². The van der Waals surface area contributed by atoms with Gasteiger partial charge in [-0.25, -0.2) is 0 Å². The summed E-state index contributed by atoms with van der Waals surface area (Å²) in [5.74, 6) is 2.33.